The fraction of sp³-hybridized carbons (Fsp3) is 0.765. The molecule has 62 heavy (non-hydrogen) atoms. The minimum Gasteiger partial charge on any atom is -0.493 e. The Kier molecular flexibility index (Phi) is 23.5. The summed E-state index contributed by atoms with van der Waals surface area (Å²) in [7, 11) is 0. The molecule has 11 heteroatoms. The van der Waals surface area contributed by atoms with Gasteiger partial charge in [-0.2, -0.15) is 0 Å². The van der Waals surface area contributed by atoms with Crippen molar-refractivity contribution in [2.24, 2.45) is 5.41 Å². The maximum Gasteiger partial charge on any atom is 0.333 e. The molecule has 0 aliphatic heterocycles. The Bertz CT molecular complexity index is 1510. The maximum absolute atomic E-state index is 12.0. The van der Waals surface area contributed by atoms with Crippen LogP contribution in [0.1, 0.15) is 162 Å². The molecule has 0 spiro atoms. The fourth-order valence-corrected chi connectivity index (χ4v) is 6.01. The summed E-state index contributed by atoms with van der Waals surface area (Å²) in [6.07, 6.45) is 6.60. The Labute approximate surface area is 377 Å². The van der Waals surface area contributed by atoms with Crippen LogP contribution in [0.3, 0.4) is 0 Å². The zero-order valence-electron chi connectivity index (χ0n) is 42.1. The number of carbonyl (C=O) groups excluding carboxylic acids is 2. The number of esters is 2. The maximum atomic E-state index is 12.0. The van der Waals surface area contributed by atoms with Crippen LogP contribution in [0, 0.1) is 5.41 Å². The van der Waals surface area contributed by atoms with Crippen molar-refractivity contribution in [1.82, 2.24) is 5.32 Å². The number of ether oxygens (including phenoxy) is 8. The highest BCUT2D eigenvalue weighted by atomic mass is 16.6. The highest BCUT2D eigenvalue weighted by Gasteiger charge is 2.38. The summed E-state index contributed by atoms with van der Waals surface area (Å²) in [5.41, 5.74) is -1.82. The fourth-order valence-electron chi connectivity index (χ4n) is 6.01. The molecule has 0 saturated carbocycles. The quantitative estimate of drug-likeness (QED) is 0.0405. The molecule has 0 fully saturated rings. The average molecular weight is 876 g/mol. The van der Waals surface area contributed by atoms with Gasteiger partial charge < -0.3 is 43.2 Å². The minimum atomic E-state index is -0.620. The van der Waals surface area contributed by atoms with Gasteiger partial charge in [-0.05, 0) is 152 Å². The van der Waals surface area contributed by atoms with Crippen LogP contribution in [0.5, 0.6) is 11.5 Å². The van der Waals surface area contributed by atoms with Gasteiger partial charge in [0, 0.05) is 56.6 Å². The molecule has 0 heterocycles. The third kappa shape index (κ3) is 24.8. The predicted octanol–water partition coefficient (Wildman–Crippen LogP) is 11.2. The molecule has 0 unspecified atom stereocenters. The van der Waals surface area contributed by atoms with Gasteiger partial charge in [-0.25, -0.2) is 9.59 Å². The zero-order chi connectivity index (χ0) is 47.5. The van der Waals surface area contributed by atoms with Crippen LogP contribution in [0.25, 0.3) is 0 Å². The van der Waals surface area contributed by atoms with Crippen LogP contribution in [-0.2, 0) is 38.0 Å². The smallest absolute Gasteiger partial charge is 0.333 e. The third-order valence-corrected chi connectivity index (χ3v) is 11.4. The Hall–Kier alpha value is -2.96. The first-order valence-corrected chi connectivity index (χ1v) is 22.8. The molecule has 0 aliphatic carbocycles. The lowest BCUT2D eigenvalue weighted by molar-refractivity contribution is -0.157. The Balaban J connectivity index is 2.28. The number of benzene rings is 1. The Morgan fingerprint density at radius 1 is 0.484 bits per heavy atom. The van der Waals surface area contributed by atoms with Gasteiger partial charge in [0.15, 0.2) is 0 Å². The second-order valence-corrected chi connectivity index (χ2v) is 21.1. The average Bonchev–Trinajstić information content (AvgIpc) is 3.12. The zero-order valence-corrected chi connectivity index (χ0v) is 42.1. The topological polar surface area (TPSA) is 120 Å². The van der Waals surface area contributed by atoms with E-state index in [1.165, 1.54) is 0 Å². The lowest BCUT2D eigenvalue weighted by Gasteiger charge is -2.42. The summed E-state index contributed by atoms with van der Waals surface area (Å²) >= 11 is 0. The van der Waals surface area contributed by atoms with Crippen molar-refractivity contribution < 1.29 is 47.5 Å². The molecule has 0 saturated heterocycles. The van der Waals surface area contributed by atoms with Gasteiger partial charge in [-0.3, -0.25) is 0 Å². The van der Waals surface area contributed by atoms with Gasteiger partial charge in [0.25, 0.3) is 0 Å². The molecule has 0 aromatic heterocycles. The van der Waals surface area contributed by atoms with E-state index in [1.54, 1.807) is 13.8 Å². The van der Waals surface area contributed by atoms with E-state index in [0.717, 1.165) is 56.6 Å². The summed E-state index contributed by atoms with van der Waals surface area (Å²) in [5, 5.41) is 3.47. The van der Waals surface area contributed by atoms with E-state index in [2.05, 4.69) is 87.7 Å². The van der Waals surface area contributed by atoms with Gasteiger partial charge in [-0.1, -0.05) is 33.4 Å². The van der Waals surface area contributed by atoms with Crippen molar-refractivity contribution >= 4 is 11.9 Å². The first-order valence-electron chi connectivity index (χ1n) is 22.8. The summed E-state index contributed by atoms with van der Waals surface area (Å²) in [6.45, 7) is 44.4. The lowest BCUT2D eigenvalue weighted by Crippen LogP contribution is -2.43. The van der Waals surface area contributed by atoms with E-state index in [-0.39, 0.29) is 39.8 Å². The van der Waals surface area contributed by atoms with Crippen LogP contribution in [0.15, 0.2) is 48.6 Å². The number of carbonyl (C=O) groups is 2. The van der Waals surface area contributed by atoms with Gasteiger partial charge in [-0.15, -0.1) is 0 Å². The van der Waals surface area contributed by atoms with Crippen LogP contribution < -0.4 is 14.8 Å². The standard InChI is InChI=1S/C51H89NO10/c1-39(2)43(53)61-48(11,12)29-36-59-50(15,16)38-52-31-21-33-58-47(9,10)28-35-56-42-24-22-41(23-25-42)55-34-27-46(7,8)57-32-20-19-26-45(5,6)51(17,18)60-37-30-49(13,14)62-44(54)40(3)4/h22-25,52H,1,3,19-21,26-38H2,2,4-18H3. The molecule has 0 radical (unpaired) electrons. The van der Waals surface area contributed by atoms with Crippen LogP contribution in [-0.4, -0.2) is 98.3 Å². The highest BCUT2D eigenvalue weighted by molar-refractivity contribution is 5.87. The molecule has 0 aliphatic rings. The molecule has 0 bridgehead atoms. The highest BCUT2D eigenvalue weighted by Crippen LogP contribution is 2.39. The molecule has 1 aromatic rings. The third-order valence-electron chi connectivity index (χ3n) is 11.4. The molecule has 358 valence electrons. The molecule has 0 atom stereocenters. The second-order valence-electron chi connectivity index (χ2n) is 21.1. The van der Waals surface area contributed by atoms with Crippen LogP contribution in [0.4, 0.5) is 0 Å². The van der Waals surface area contributed by atoms with Gasteiger partial charge in [0.2, 0.25) is 0 Å². The van der Waals surface area contributed by atoms with Crippen LogP contribution in [0.2, 0.25) is 0 Å². The van der Waals surface area contributed by atoms with Crippen molar-refractivity contribution in [3.8, 4) is 11.5 Å². The van der Waals surface area contributed by atoms with E-state index < -0.39 is 11.2 Å². The molecular formula is C51H89NO10. The second kappa shape index (κ2) is 25.5. The van der Waals surface area contributed by atoms with Gasteiger partial charge >= 0.3 is 11.9 Å². The van der Waals surface area contributed by atoms with Gasteiger partial charge in [0.1, 0.15) is 22.7 Å². The largest absolute Gasteiger partial charge is 0.493 e. The van der Waals surface area contributed by atoms with E-state index >= 15 is 0 Å². The molecular weight excluding hydrogens is 787 g/mol. The molecule has 1 rings (SSSR count). The lowest BCUT2D eigenvalue weighted by atomic mass is 9.73. The number of unbranched alkanes of at least 4 members (excludes halogenated alkanes) is 1. The van der Waals surface area contributed by atoms with E-state index in [4.69, 9.17) is 37.9 Å². The molecule has 1 aromatic carbocycles. The molecule has 0 amide bonds. The van der Waals surface area contributed by atoms with Crippen molar-refractivity contribution in [3.63, 3.8) is 0 Å². The predicted molar refractivity (Wildman–Crippen MR) is 251 cm³/mol. The summed E-state index contributed by atoms with van der Waals surface area (Å²) in [5.74, 6) is 0.848. The first-order chi connectivity index (χ1) is 28.4. The van der Waals surface area contributed by atoms with Crippen LogP contribution >= 0.6 is 0 Å². The van der Waals surface area contributed by atoms with E-state index in [1.807, 2.05) is 52.0 Å². The Morgan fingerprint density at radius 2 is 0.871 bits per heavy atom. The SMILES string of the molecule is C=C(C)C(=O)OC(C)(C)CCOC(C)(C)CNCCCOC(C)(C)CCOc1ccc(OCCC(C)(C)OCCCCC(C)(C)C(C)(C)OCCC(C)(C)OC(=O)C(=C)C)cc1. The van der Waals surface area contributed by atoms with Crippen molar-refractivity contribution in [2.45, 2.75) is 196 Å². The normalized spacial score (nSPS) is 13.2. The number of hydrogen-bond donors (Lipinski definition) is 1. The first kappa shape index (κ1) is 57.1. The minimum absolute atomic E-state index is 0.0535. The van der Waals surface area contributed by atoms with Gasteiger partial charge in [0.05, 0.1) is 48.8 Å². The number of nitrogens with one attached hydrogen (secondary N) is 1. The molecule has 11 nitrogen and oxygen atoms in total. The monoisotopic (exact) mass is 876 g/mol. The summed E-state index contributed by atoms with van der Waals surface area (Å²) in [4.78, 5) is 23.9. The molecule has 1 N–H and O–H groups in total. The van der Waals surface area contributed by atoms with Crippen molar-refractivity contribution in [2.75, 3.05) is 52.7 Å². The summed E-state index contributed by atoms with van der Waals surface area (Å²) < 4.78 is 48.1. The summed E-state index contributed by atoms with van der Waals surface area (Å²) in [6, 6.07) is 7.77. The number of hydrogen-bond acceptors (Lipinski definition) is 11. The Morgan fingerprint density at radius 3 is 1.31 bits per heavy atom. The van der Waals surface area contributed by atoms with Crippen molar-refractivity contribution in [1.29, 1.82) is 0 Å². The van der Waals surface area contributed by atoms with E-state index in [9.17, 15) is 9.59 Å². The van der Waals surface area contributed by atoms with Crippen molar-refractivity contribution in [3.05, 3.63) is 48.6 Å². The van der Waals surface area contributed by atoms with E-state index in [0.29, 0.717) is 70.2 Å². The number of rotatable bonds is 34.